The third kappa shape index (κ3) is 4.05. The molecule has 3 rings (SSSR count). The molecule has 130 valence electrons. The largest absolute Gasteiger partial charge is 0.346 e. The number of hydrogen-bond donors (Lipinski definition) is 1. The van der Waals surface area contributed by atoms with Gasteiger partial charge in [0.05, 0.1) is 11.7 Å². The minimum Gasteiger partial charge on any atom is -0.346 e. The number of rotatable bonds is 5. The van der Waals surface area contributed by atoms with E-state index < -0.39 is 6.04 Å². The highest BCUT2D eigenvalue weighted by Gasteiger charge is 2.36. The summed E-state index contributed by atoms with van der Waals surface area (Å²) in [7, 11) is 0. The first kappa shape index (κ1) is 17.1. The molecule has 0 unspecified atom stereocenters. The van der Waals surface area contributed by atoms with E-state index in [2.05, 4.69) is 10.3 Å². The van der Waals surface area contributed by atoms with Gasteiger partial charge in [-0.15, -0.1) is 0 Å². The van der Waals surface area contributed by atoms with Crippen molar-refractivity contribution in [2.45, 2.75) is 45.3 Å². The van der Waals surface area contributed by atoms with Crippen molar-refractivity contribution in [2.24, 2.45) is 0 Å². The lowest BCUT2D eigenvalue weighted by Gasteiger charge is -2.25. The lowest BCUT2D eigenvalue weighted by Crippen LogP contribution is -2.45. The van der Waals surface area contributed by atoms with Crippen LogP contribution in [0.5, 0.6) is 0 Å². The van der Waals surface area contributed by atoms with E-state index in [1.54, 1.807) is 11.1 Å². The molecule has 1 aliphatic rings. The third-order valence-electron chi connectivity index (χ3n) is 4.59. The van der Waals surface area contributed by atoms with Gasteiger partial charge in [-0.2, -0.15) is 0 Å². The van der Waals surface area contributed by atoms with Crippen LogP contribution in [0.3, 0.4) is 0 Å². The van der Waals surface area contributed by atoms with Crippen molar-refractivity contribution in [2.75, 3.05) is 0 Å². The number of likely N-dealkylation sites (tertiary alicyclic amines) is 1. The van der Waals surface area contributed by atoms with Gasteiger partial charge in [-0.3, -0.25) is 14.6 Å². The van der Waals surface area contributed by atoms with Gasteiger partial charge in [0.2, 0.25) is 11.8 Å². The predicted molar refractivity (Wildman–Crippen MR) is 95.5 cm³/mol. The van der Waals surface area contributed by atoms with Gasteiger partial charge in [0.25, 0.3) is 0 Å². The Labute approximate surface area is 148 Å². The van der Waals surface area contributed by atoms with Crippen LogP contribution < -0.4 is 5.32 Å². The van der Waals surface area contributed by atoms with Crippen molar-refractivity contribution in [1.82, 2.24) is 15.2 Å². The first-order chi connectivity index (χ1) is 12.0. The molecule has 2 heterocycles. The van der Waals surface area contributed by atoms with E-state index >= 15 is 0 Å². The molecule has 0 saturated carbocycles. The Morgan fingerprint density at radius 3 is 2.72 bits per heavy atom. The highest BCUT2D eigenvalue weighted by atomic mass is 16.2. The number of carbonyl (C=O) groups excluding carboxylic acids is 2. The molecule has 1 N–H and O–H groups in total. The molecule has 2 amide bonds. The summed E-state index contributed by atoms with van der Waals surface area (Å²) in [5.74, 6) is -0.0812. The SMILES string of the molecule is Cc1ccc(CN2C(=O)CC[C@@H]2C(=O)N[C@@H](C)c2ccccn2)cc1. The molecule has 2 atom stereocenters. The minimum atomic E-state index is -0.417. The molecule has 0 aliphatic carbocycles. The fourth-order valence-electron chi connectivity index (χ4n) is 3.11. The normalized spacial score (nSPS) is 18.2. The number of aryl methyl sites for hydroxylation is 1. The third-order valence-corrected chi connectivity index (χ3v) is 4.59. The summed E-state index contributed by atoms with van der Waals surface area (Å²) in [5.41, 5.74) is 3.02. The number of nitrogens with one attached hydrogen (secondary N) is 1. The molecule has 2 aromatic rings. The standard InChI is InChI=1S/C20H23N3O2/c1-14-6-8-16(9-7-14)13-23-18(10-11-19(23)24)20(25)22-15(2)17-5-3-4-12-21-17/h3-9,12,15,18H,10-11,13H2,1-2H3,(H,22,25)/t15-,18+/m0/s1. The molecular weight excluding hydrogens is 314 g/mol. The van der Waals surface area contributed by atoms with E-state index in [9.17, 15) is 9.59 Å². The maximum Gasteiger partial charge on any atom is 0.243 e. The predicted octanol–water partition coefficient (Wildman–Crippen LogP) is 2.76. The van der Waals surface area contributed by atoms with Crippen molar-refractivity contribution in [3.05, 3.63) is 65.5 Å². The van der Waals surface area contributed by atoms with Crippen molar-refractivity contribution in [3.8, 4) is 0 Å². The Morgan fingerprint density at radius 1 is 1.28 bits per heavy atom. The number of hydrogen-bond acceptors (Lipinski definition) is 3. The summed E-state index contributed by atoms with van der Waals surface area (Å²) in [4.78, 5) is 30.9. The van der Waals surface area contributed by atoms with Gasteiger partial charge >= 0.3 is 0 Å². The number of amides is 2. The molecule has 1 aromatic carbocycles. The van der Waals surface area contributed by atoms with E-state index in [-0.39, 0.29) is 17.9 Å². The highest BCUT2D eigenvalue weighted by Crippen LogP contribution is 2.23. The van der Waals surface area contributed by atoms with Crippen LogP contribution in [0.1, 0.15) is 42.6 Å². The van der Waals surface area contributed by atoms with Crippen LogP contribution in [-0.2, 0) is 16.1 Å². The lowest BCUT2D eigenvalue weighted by atomic mass is 10.1. The fraction of sp³-hybridized carbons (Fsp3) is 0.350. The van der Waals surface area contributed by atoms with Gasteiger partial charge in [0, 0.05) is 19.2 Å². The van der Waals surface area contributed by atoms with Gasteiger partial charge < -0.3 is 10.2 Å². The summed E-state index contributed by atoms with van der Waals surface area (Å²) < 4.78 is 0. The van der Waals surface area contributed by atoms with Crippen molar-refractivity contribution in [3.63, 3.8) is 0 Å². The Bertz CT molecular complexity index is 743. The van der Waals surface area contributed by atoms with Crippen LogP contribution >= 0.6 is 0 Å². The topological polar surface area (TPSA) is 62.3 Å². The van der Waals surface area contributed by atoms with Gasteiger partial charge in [0.1, 0.15) is 6.04 Å². The van der Waals surface area contributed by atoms with Crippen LogP contribution in [0, 0.1) is 6.92 Å². The highest BCUT2D eigenvalue weighted by molar-refractivity contribution is 5.91. The van der Waals surface area contributed by atoms with Gasteiger partial charge in [-0.25, -0.2) is 0 Å². The molecule has 1 fully saturated rings. The maximum atomic E-state index is 12.7. The van der Waals surface area contributed by atoms with E-state index in [0.29, 0.717) is 19.4 Å². The Hall–Kier alpha value is -2.69. The average Bonchev–Trinajstić information content (AvgIpc) is 2.98. The average molecular weight is 337 g/mol. The smallest absolute Gasteiger partial charge is 0.243 e. The number of aromatic nitrogens is 1. The summed E-state index contributed by atoms with van der Waals surface area (Å²) in [5, 5.41) is 2.99. The molecule has 5 heteroatoms. The Balaban J connectivity index is 1.68. The Kier molecular flexibility index (Phi) is 5.12. The summed E-state index contributed by atoms with van der Waals surface area (Å²) in [6, 6.07) is 13.1. The number of carbonyl (C=O) groups is 2. The zero-order chi connectivity index (χ0) is 17.8. The van der Waals surface area contributed by atoms with E-state index in [1.165, 1.54) is 5.56 Å². The monoisotopic (exact) mass is 337 g/mol. The van der Waals surface area contributed by atoms with Crippen LogP contribution in [0.4, 0.5) is 0 Å². The van der Waals surface area contributed by atoms with Crippen molar-refractivity contribution >= 4 is 11.8 Å². The number of nitrogens with zero attached hydrogens (tertiary/aromatic N) is 2. The van der Waals surface area contributed by atoms with Crippen LogP contribution in [0.2, 0.25) is 0 Å². The quantitative estimate of drug-likeness (QED) is 0.912. The van der Waals surface area contributed by atoms with Gasteiger partial charge in [0.15, 0.2) is 0 Å². The number of pyridine rings is 1. The maximum absolute atomic E-state index is 12.7. The molecular formula is C20H23N3O2. The van der Waals surface area contributed by atoms with E-state index in [4.69, 9.17) is 0 Å². The first-order valence-corrected chi connectivity index (χ1v) is 8.61. The summed E-state index contributed by atoms with van der Waals surface area (Å²) >= 11 is 0. The lowest BCUT2D eigenvalue weighted by molar-refractivity contribution is -0.136. The molecule has 1 aliphatic heterocycles. The Morgan fingerprint density at radius 2 is 2.04 bits per heavy atom. The minimum absolute atomic E-state index is 0.0335. The van der Waals surface area contributed by atoms with Crippen molar-refractivity contribution < 1.29 is 9.59 Å². The second-order valence-corrected chi connectivity index (χ2v) is 6.55. The molecule has 5 nitrogen and oxygen atoms in total. The summed E-state index contributed by atoms with van der Waals surface area (Å²) in [6.07, 6.45) is 2.69. The number of benzene rings is 1. The fourth-order valence-corrected chi connectivity index (χ4v) is 3.11. The van der Waals surface area contributed by atoms with Crippen LogP contribution in [0.15, 0.2) is 48.7 Å². The summed E-state index contributed by atoms with van der Waals surface area (Å²) in [6.45, 7) is 4.40. The zero-order valence-corrected chi connectivity index (χ0v) is 14.6. The van der Waals surface area contributed by atoms with Crippen molar-refractivity contribution in [1.29, 1.82) is 0 Å². The second-order valence-electron chi connectivity index (χ2n) is 6.55. The molecule has 1 saturated heterocycles. The second kappa shape index (κ2) is 7.47. The van der Waals surface area contributed by atoms with E-state index in [0.717, 1.165) is 11.3 Å². The van der Waals surface area contributed by atoms with Gasteiger partial charge in [-0.05, 0) is 38.0 Å². The van der Waals surface area contributed by atoms with Gasteiger partial charge in [-0.1, -0.05) is 35.9 Å². The molecule has 0 bridgehead atoms. The zero-order valence-electron chi connectivity index (χ0n) is 14.6. The molecule has 25 heavy (non-hydrogen) atoms. The molecule has 1 aromatic heterocycles. The van der Waals surface area contributed by atoms with Crippen LogP contribution in [0.25, 0.3) is 0 Å². The van der Waals surface area contributed by atoms with Crippen LogP contribution in [-0.4, -0.2) is 27.7 Å². The van der Waals surface area contributed by atoms with E-state index in [1.807, 2.05) is 56.3 Å². The molecule has 0 spiro atoms. The molecule has 0 radical (unpaired) electrons. The first-order valence-electron chi connectivity index (χ1n) is 8.61.